The molecular formula is C24H27N5O4S. The van der Waals surface area contributed by atoms with Crippen LogP contribution < -0.4 is 16.0 Å². The molecule has 0 spiro atoms. The highest BCUT2D eigenvalue weighted by Gasteiger charge is 2.15. The topological polar surface area (TPSA) is 125 Å². The summed E-state index contributed by atoms with van der Waals surface area (Å²) in [7, 11) is 0. The molecule has 0 saturated heterocycles. The van der Waals surface area contributed by atoms with Crippen molar-refractivity contribution >= 4 is 40.9 Å². The van der Waals surface area contributed by atoms with Crippen LogP contribution in [0.25, 0.3) is 0 Å². The summed E-state index contributed by atoms with van der Waals surface area (Å²) >= 11 is 1.16. The van der Waals surface area contributed by atoms with Crippen LogP contribution in [0.5, 0.6) is 0 Å². The van der Waals surface area contributed by atoms with Crippen LogP contribution in [0.4, 0.5) is 11.4 Å². The quantitative estimate of drug-likeness (QED) is 0.330. The lowest BCUT2D eigenvalue weighted by atomic mass is 10.1. The molecule has 4 N–H and O–H groups in total. The van der Waals surface area contributed by atoms with Gasteiger partial charge >= 0.3 is 0 Å². The lowest BCUT2D eigenvalue weighted by Crippen LogP contribution is -2.28. The van der Waals surface area contributed by atoms with Crippen molar-refractivity contribution in [2.45, 2.75) is 38.7 Å². The van der Waals surface area contributed by atoms with Crippen molar-refractivity contribution in [2.75, 3.05) is 16.4 Å². The van der Waals surface area contributed by atoms with Crippen molar-refractivity contribution in [3.8, 4) is 0 Å². The maximum Gasteiger partial charge on any atom is 0.240 e. The monoisotopic (exact) mass is 481 g/mol. The van der Waals surface area contributed by atoms with Gasteiger partial charge in [-0.15, -0.1) is 0 Å². The predicted octanol–water partition coefficient (Wildman–Crippen LogP) is 2.69. The third-order valence-electron chi connectivity index (χ3n) is 4.77. The average Bonchev–Trinajstić information content (AvgIpc) is 3.18. The fraction of sp³-hybridized carbons (Fsp3) is 0.250. The molecule has 0 unspecified atom stereocenters. The molecule has 34 heavy (non-hydrogen) atoms. The Bertz CT molecular complexity index is 1160. The smallest absolute Gasteiger partial charge is 0.240 e. The highest BCUT2D eigenvalue weighted by Crippen LogP contribution is 2.20. The summed E-state index contributed by atoms with van der Waals surface area (Å²) in [6.07, 6.45) is 1.49. The fourth-order valence-corrected chi connectivity index (χ4v) is 3.91. The second-order valence-corrected chi connectivity index (χ2v) is 8.58. The first-order valence-electron chi connectivity index (χ1n) is 10.6. The molecule has 0 saturated carbocycles. The number of nitrogens with zero attached hydrogens (tertiary/aromatic N) is 2. The molecule has 1 aromatic heterocycles. The van der Waals surface area contributed by atoms with Crippen LogP contribution in [0.1, 0.15) is 23.7 Å². The van der Waals surface area contributed by atoms with Crippen LogP contribution in [0.3, 0.4) is 0 Å². The lowest BCUT2D eigenvalue weighted by Gasteiger charge is -2.12. The first kappa shape index (κ1) is 25.0. The molecule has 9 nitrogen and oxygen atoms in total. The Morgan fingerprint density at radius 2 is 1.74 bits per heavy atom. The molecule has 0 radical (unpaired) electrons. The molecule has 3 aromatic rings. The zero-order valence-corrected chi connectivity index (χ0v) is 19.8. The van der Waals surface area contributed by atoms with Crippen LogP contribution in [0, 0.1) is 6.92 Å². The Kier molecular flexibility index (Phi) is 8.83. The number of aliphatic hydroxyl groups excluding tert-OH is 1. The van der Waals surface area contributed by atoms with Gasteiger partial charge in [-0.1, -0.05) is 47.7 Å². The summed E-state index contributed by atoms with van der Waals surface area (Å²) in [5.41, 5.74) is 3.74. The van der Waals surface area contributed by atoms with Crippen LogP contribution in [-0.2, 0) is 34.1 Å². The van der Waals surface area contributed by atoms with E-state index in [0.717, 1.165) is 22.9 Å². The van der Waals surface area contributed by atoms with Gasteiger partial charge in [-0.3, -0.25) is 14.4 Å². The second-order valence-electron chi connectivity index (χ2n) is 7.64. The highest BCUT2D eigenvalue weighted by atomic mass is 32.2. The van der Waals surface area contributed by atoms with Crippen LogP contribution in [0.2, 0.25) is 0 Å². The Morgan fingerprint density at radius 1 is 1.03 bits per heavy atom. The van der Waals surface area contributed by atoms with Crippen molar-refractivity contribution in [3.05, 3.63) is 71.5 Å². The van der Waals surface area contributed by atoms with Gasteiger partial charge < -0.3 is 25.6 Å². The zero-order valence-electron chi connectivity index (χ0n) is 19.0. The van der Waals surface area contributed by atoms with E-state index in [0.29, 0.717) is 28.8 Å². The number of hydrogen-bond acceptors (Lipinski definition) is 6. The molecule has 0 bridgehead atoms. The standard InChI is InChI=1S/C24H27N5O4S/c1-16-6-8-18(9-7-16)11-25-22(32)13-29-21(14-30)12-26-24(29)34-15-23(33)28-20-5-3-4-19(10-20)27-17(2)31/h3-10,12,30H,11,13-15H2,1-2H3,(H,25,32)(H,27,31)(H,28,33). The molecule has 1 heterocycles. The molecule has 3 rings (SSSR count). The SMILES string of the molecule is CC(=O)Nc1cccc(NC(=O)CSc2ncc(CO)n2CC(=O)NCc2ccc(C)cc2)c1. The van der Waals surface area contributed by atoms with Crippen LogP contribution >= 0.6 is 11.8 Å². The van der Waals surface area contributed by atoms with Crippen LogP contribution in [-0.4, -0.2) is 38.1 Å². The van der Waals surface area contributed by atoms with Gasteiger partial charge in [0, 0.05) is 24.8 Å². The van der Waals surface area contributed by atoms with Crippen LogP contribution in [0.15, 0.2) is 59.9 Å². The number of hydrogen-bond donors (Lipinski definition) is 4. The molecular weight excluding hydrogens is 454 g/mol. The van der Waals surface area contributed by atoms with E-state index in [1.54, 1.807) is 28.8 Å². The van der Waals surface area contributed by atoms with Crippen molar-refractivity contribution in [2.24, 2.45) is 0 Å². The largest absolute Gasteiger partial charge is 0.390 e. The summed E-state index contributed by atoms with van der Waals surface area (Å²) in [4.78, 5) is 40.4. The van der Waals surface area contributed by atoms with E-state index >= 15 is 0 Å². The van der Waals surface area contributed by atoms with Crippen molar-refractivity contribution < 1.29 is 19.5 Å². The van der Waals surface area contributed by atoms with Gasteiger partial charge in [0.25, 0.3) is 0 Å². The van der Waals surface area contributed by atoms with Gasteiger partial charge in [-0.2, -0.15) is 0 Å². The number of aliphatic hydroxyl groups is 1. The van der Waals surface area contributed by atoms with Crippen molar-refractivity contribution in [1.82, 2.24) is 14.9 Å². The number of amides is 3. The van der Waals surface area contributed by atoms with Gasteiger partial charge in [0.05, 0.1) is 24.3 Å². The Morgan fingerprint density at radius 3 is 2.41 bits per heavy atom. The Hall–Kier alpha value is -3.63. The molecule has 0 aliphatic carbocycles. The highest BCUT2D eigenvalue weighted by molar-refractivity contribution is 7.99. The number of imidazole rings is 1. The Balaban J connectivity index is 1.56. The summed E-state index contributed by atoms with van der Waals surface area (Å²) in [6.45, 7) is 3.50. The molecule has 0 aliphatic heterocycles. The summed E-state index contributed by atoms with van der Waals surface area (Å²) in [5, 5.41) is 18.4. The molecule has 0 atom stereocenters. The molecule has 178 valence electrons. The summed E-state index contributed by atoms with van der Waals surface area (Å²) in [6, 6.07) is 14.7. The van der Waals surface area contributed by atoms with E-state index < -0.39 is 0 Å². The minimum atomic E-state index is -0.277. The molecule has 2 aromatic carbocycles. The number of aromatic nitrogens is 2. The number of thioether (sulfide) groups is 1. The van der Waals surface area contributed by atoms with E-state index in [1.807, 2.05) is 31.2 Å². The number of carbonyl (C=O) groups is 3. The number of anilines is 2. The minimum Gasteiger partial charge on any atom is -0.390 e. The van der Waals surface area contributed by atoms with Gasteiger partial charge in [0.15, 0.2) is 5.16 Å². The zero-order chi connectivity index (χ0) is 24.5. The Labute approximate surface area is 202 Å². The first-order chi connectivity index (χ1) is 16.3. The number of aryl methyl sites for hydroxylation is 1. The van der Waals surface area contributed by atoms with E-state index in [-0.39, 0.29) is 36.6 Å². The van der Waals surface area contributed by atoms with E-state index in [9.17, 15) is 19.5 Å². The molecule has 3 amide bonds. The molecule has 0 fully saturated rings. The van der Waals surface area contributed by atoms with Crippen molar-refractivity contribution in [3.63, 3.8) is 0 Å². The molecule has 0 aliphatic rings. The summed E-state index contributed by atoms with van der Waals surface area (Å²) in [5.74, 6) is -0.645. The van der Waals surface area contributed by atoms with E-state index in [2.05, 4.69) is 20.9 Å². The van der Waals surface area contributed by atoms with E-state index in [4.69, 9.17) is 0 Å². The third-order valence-corrected chi connectivity index (χ3v) is 5.77. The fourth-order valence-electron chi connectivity index (χ4n) is 3.11. The minimum absolute atomic E-state index is 0.0233. The van der Waals surface area contributed by atoms with Gasteiger partial charge in [0.1, 0.15) is 6.54 Å². The number of carbonyl (C=O) groups excluding carboxylic acids is 3. The third kappa shape index (κ3) is 7.46. The average molecular weight is 482 g/mol. The van der Waals surface area contributed by atoms with Crippen molar-refractivity contribution in [1.29, 1.82) is 0 Å². The lowest BCUT2D eigenvalue weighted by molar-refractivity contribution is -0.122. The van der Waals surface area contributed by atoms with E-state index in [1.165, 1.54) is 13.1 Å². The molecule has 10 heteroatoms. The first-order valence-corrected chi connectivity index (χ1v) is 11.6. The second kappa shape index (κ2) is 12.0. The number of rotatable bonds is 10. The van der Waals surface area contributed by atoms with Gasteiger partial charge in [0.2, 0.25) is 17.7 Å². The number of nitrogens with one attached hydrogen (secondary N) is 3. The van der Waals surface area contributed by atoms with Gasteiger partial charge in [-0.05, 0) is 30.7 Å². The normalized spacial score (nSPS) is 10.6. The predicted molar refractivity (Wildman–Crippen MR) is 131 cm³/mol. The maximum absolute atomic E-state index is 12.5. The summed E-state index contributed by atoms with van der Waals surface area (Å²) < 4.78 is 1.60. The number of benzene rings is 2. The maximum atomic E-state index is 12.5. The van der Waals surface area contributed by atoms with Gasteiger partial charge in [-0.25, -0.2) is 4.98 Å².